The third-order valence-electron chi connectivity index (χ3n) is 3.60. The van der Waals surface area contributed by atoms with Gasteiger partial charge in [0.1, 0.15) is 6.33 Å². The summed E-state index contributed by atoms with van der Waals surface area (Å²) in [5, 5.41) is 11.1. The van der Waals surface area contributed by atoms with Crippen LogP contribution in [0.25, 0.3) is 5.69 Å². The van der Waals surface area contributed by atoms with E-state index in [1.165, 1.54) is 19.2 Å². The zero-order valence-electron chi connectivity index (χ0n) is 11.3. The molecule has 0 N–H and O–H groups in total. The van der Waals surface area contributed by atoms with Crippen LogP contribution in [0.5, 0.6) is 0 Å². The minimum Gasteiger partial charge on any atom is -0.339 e. The number of tetrazole rings is 1. The van der Waals surface area contributed by atoms with Gasteiger partial charge in [0.05, 0.1) is 5.69 Å². The number of aromatic nitrogens is 4. The molecule has 1 amide bonds. The second-order valence-corrected chi connectivity index (χ2v) is 5.01. The van der Waals surface area contributed by atoms with Crippen molar-refractivity contribution in [3.8, 4) is 5.69 Å². The topological polar surface area (TPSA) is 63.9 Å². The number of likely N-dealkylation sites (tertiary alicyclic amines) is 1. The molecule has 3 rings (SSSR count). The van der Waals surface area contributed by atoms with E-state index in [0.717, 1.165) is 31.6 Å². The lowest BCUT2D eigenvalue weighted by molar-refractivity contribution is 0.0761. The van der Waals surface area contributed by atoms with Gasteiger partial charge in [-0.25, -0.2) is 4.68 Å². The highest BCUT2D eigenvalue weighted by Crippen LogP contribution is 2.15. The second-order valence-electron chi connectivity index (χ2n) is 5.01. The van der Waals surface area contributed by atoms with Crippen LogP contribution in [0.15, 0.2) is 30.6 Å². The van der Waals surface area contributed by atoms with E-state index in [0.29, 0.717) is 5.56 Å². The fourth-order valence-corrected chi connectivity index (χ4v) is 2.52. The summed E-state index contributed by atoms with van der Waals surface area (Å²) in [5.41, 5.74) is 1.50. The lowest BCUT2D eigenvalue weighted by Crippen LogP contribution is -2.31. The van der Waals surface area contributed by atoms with E-state index >= 15 is 0 Å². The summed E-state index contributed by atoms with van der Waals surface area (Å²) in [6.45, 7) is 1.71. The molecular formula is C14H17N5O. The summed E-state index contributed by atoms with van der Waals surface area (Å²) in [7, 11) is 0. The van der Waals surface area contributed by atoms with Gasteiger partial charge in [0.2, 0.25) is 0 Å². The van der Waals surface area contributed by atoms with E-state index < -0.39 is 0 Å². The number of rotatable bonds is 2. The first-order valence-corrected chi connectivity index (χ1v) is 6.97. The highest BCUT2D eigenvalue weighted by molar-refractivity contribution is 5.94. The molecule has 6 heteroatoms. The standard InChI is InChI=1S/C14H17N5O/c20-14(18-8-3-1-2-4-9-18)12-6-5-7-13(10-12)19-11-15-16-17-19/h5-7,10-11H,1-4,8-9H2. The Labute approximate surface area is 117 Å². The van der Waals surface area contributed by atoms with E-state index in [2.05, 4.69) is 15.5 Å². The van der Waals surface area contributed by atoms with Gasteiger partial charge in [-0.05, 0) is 41.5 Å². The van der Waals surface area contributed by atoms with Gasteiger partial charge in [-0.3, -0.25) is 4.79 Å². The maximum atomic E-state index is 12.5. The van der Waals surface area contributed by atoms with Crippen molar-refractivity contribution in [3.05, 3.63) is 36.2 Å². The average Bonchev–Trinajstić information content (AvgIpc) is 2.89. The SMILES string of the molecule is O=C(c1cccc(-n2cnnn2)c1)N1CCCCCC1. The van der Waals surface area contributed by atoms with Crippen LogP contribution in [-0.2, 0) is 0 Å². The van der Waals surface area contributed by atoms with Crippen molar-refractivity contribution in [2.45, 2.75) is 25.7 Å². The van der Waals surface area contributed by atoms with Crippen LogP contribution < -0.4 is 0 Å². The molecule has 1 saturated heterocycles. The van der Waals surface area contributed by atoms with Crippen LogP contribution in [0.1, 0.15) is 36.0 Å². The van der Waals surface area contributed by atoms with Crippen molar-refractivity contribution in [1.29, 1.82) is 0 Å². The van der Waals surface area contributed by atoms with Gasteiger partial charge in [-0.1, -0.05) is 18.9 Å². The van der Waals surface area contributed by atoms with E-state index in [-0.39, 0.29) is 5.91 Å². The summed E-state index contributed by atoms with van der Waals surface area (Å²) >= 11 is 0. The molecule has 1 aliphatic rings. The molecule has 1 fully saturated rings. The predicted molar refractivity (Wildman–Crippen MR) is 73.5 cm³/mol. The highest BCUT2D eigenvalue weighted by atomic mass is 16.2. The summed E-state index contributed by atoms with van der Waals surface area (Å²) in [5.74, 6) is 0.0989. The maximum absolute atomic E-state index is 12.5. The predicted octanol–water partition coefficient (Wildman–Crippen LogP) is 1.68. The normalized spacial score (nSPS) is 15.9. The fraction of sp³-hybridized carbons (Fsp3) is 0.429. The minimum absolute atomic E-state index is 0.0989. The second kappa shape index (κ2) is 5.81. The third kappa shape index (κ3) is 2.68. The lowest BCUT2D eigenvalue weighted by Gasteiger charge is -2.20. The Hall–Kier alpha value is -2.24. The smallest absolute Gasteiger partial charge is 0.253 e. The maximum Gasteiger partial charge on any atom is 0.253 e. The summed E-state index contributed by atoms with van der Waals surface area (Å²) in [6, 6.07) is 7.43. The molecule has 0 saturated carbocycles. The van der Waals surface area contributed by atoms with Crippen molar-refractivity contribution in [2.75, 3.05) is 13.1 Å². The Bertz CT molecular complexity index is 573. The molecule has 0 bridgehead atoms. The number of hydrogen-bond donors (Lipinski definition) is 0. The number of benzene rings is 1. The third-order valence-corrected chi connectivity index (χ3v) is 3.60. The molecule has 0 aliphatic carbocycles. The van der Waals surface area contributed by atoms with Gasteiger partial charge >= 0.3 is 0 Å². The van der Waals surface area contributed by atoms with E-state index in [1.54, 1.807) is 4.68 Å². The van der Waals surface area contributed by atoms with E-state index in [1.807, 2.05) is 29.2 Å². The Balaban J connectivity index is 1.82. The van der Waals surface area contributed by atoms with Gasteiger partial charge in [0.25, 0.3) is 5.91 Å². The molecule has 0 radical (unpaired) electrons. The van der Waals surface area contributed by atoms with Gasteiger partial charge < -0.3 is 4.90 Å². The monoisotopic (exact) mass is 271 g/mol. The van der Waals surface area contributed by atoms with Crippen LogP contribution in [-0.4, -0.2) is 44.1 Å². The van der Waals surface area contributed by atoms with Crippen molar-refractivity contribution < 1.29 is 4.79 Å². The molecule has 0 atom stereocenters. The quantitative estimate of drug-likeness (QED) is 0.833. The summed E-state index contributed by atoms with van der Waals surface area (Å²) < 4.78 is 1.55. The molecule has 2 aromatic rings. The summed E-state index contributed by atoms with van der Waals surface area (Å²) in [4.78, 5) is 14.5. The minimum atomic E-state index is 0.0989. The molecule has 104 valence electrons. The van der Waals surface area contributed by atoms with Crippen molar-refractivity contribution in [2.24, 2.45) is 0 Å². The van der Waals surface area contributed by atoms with Crippen LogP contribution in [0.2, 0.25) is 0 Å². The molecule has 1 aliphatic heterocycles. The van der Waals surface area contributed by atoms with E-state index in [9.17, 15) is 4.79 Å². The first-order valence-electron chi connectivity index (χ1n) is 6.97. The van der Waals surface area contributed by atoms with Crippen molar-refractivity contribution in [1.82, 2.24) is 25.1 Å². The van der Waals surface area contributed by atoms with Crippen LogP contribution in [0, 0.1) is 0 Å². The van der Waals surface area contributed by atoms with Gasteiger partial charge in [-0.2, -0.15) is 0 Å². The number of amides is 1. The molecule has 1 aromatic carbocycles. The number of hydrogen-bond acceptors (Lipinski definition) is 4. The molecule has 0 spiro atoms. The molecular weight excluding hydrogens is 254 g/mol. The molecule has 6 nitrogen and oxygen atoms in total. The van der Waals surface area contributed by atoms with Gasteiger partial charge in [0.15, 0.2) is 0 Å². The lowest BCUT2D eigenvalue weighted by atomic mass is 10.1. The van der Waals surface area contributed by atoms with Crippen molar-refractivity contribution in [3.63, 3.8) is 0 Å². The average molecular weight is 271 g/mol. The van der Waals surface area contributed by atoms with E-state index in [4.69, 9.17) is 0 Å². The first kappa shape index (κ1) is 12.8. The fourth-order valence-electron chi connectivity index (χ4n) is 2.52. The number of nitrogens with zero attached hydrogens (tertiary/aromatic N) is 5. The highest BCUT2D eigenvalue weighted by Gasteiger charge is 2.17. The molecule has 2 heterocycles. The Morgan fingerprint density at radius 1 is 1.10 bits per heavy atom. The Morgan fingerprint density at radius 3 is 2.60 bits per heavy atom. The Morgan fingerprint density at radius 2 is 1.90 bits per heavy atom. The van der Waals surface area contributed by atoms with Gasteiger partial charge in [0, 0.05) is 18.7 Å². The number of carbonyl (C=O) groups is 1. The molecule has 20 heavy (non-hydrogen) atoms. The summed E-state index contributed by atoms with van der Waals surface area (Å²) in [6.07, 6.45) is 6.15. The van der Waals surface area contributed by atoms with Gasteiger partial charge in [-0.15, -0.1) is 5.10 Å². The first-order chi connectivity index (χ1) is 9.84. The van der Waals surface area contributed by atoms with Crippen LogP contribution in [0.3, 0.4) is 0 Å². The zero-order chi connectivity index (χ0) is 13.8. The molecule has 0 unspecified atom stereocenters. The molecule has 1 aromatic heterocycles. The van der Waals surface area contributed by atoms with Crippen molar-refractivity contribution >= 4 is 5.91 Å². The number of carbonyl (C=O) groups excluding carboxylic acids is 1. The largest absolute Gasteiger partial charge is 0.339 e. The zero-order valence-corrected chi connectivity index (χ0v) is 11.3. The van der Waals surface area contributed by atoms with Crippen LogP contribution >= 0.6 is 0 Å². The van der Waals surface area contributed by atoms with Crippen LogP contribution in [0.4, 0.5) is 0 Å². The Kier molecular flexibility index (Phi) is 3.71.